The van der Waals surface area contributed by atoms with Crippen molar-refractivity contribution in [2.75, 3.05) is 0 Å². The third-order valence-corrected chi connectivity index (χ3v) is 3.22. The summed E-state index contributed by atoms with van der Waals surface area (Å²) in [6.45, 7) is 0. The number of pyridine rings is 2. The molecule has 2 nitrogen and oxygen atoms in total. The van der Waals surface area contributed by atoms with E-state index in [1.165, 1.54) is 0 Å². The highest BCUT2D eigenvalue weighted by molar-refractivity contribution is 6.34. The molecule has 0 saturated heterocycles. The molecular formula is C16H11ClN2. The second-order valence-electron chi connectivity index (χ2n) is 4.17. The molecule has 19 heavy (non-hydrogen) atoms. The first-order chi connectivity index (χ1) is 9.34. The number of hydrogen-bond donors (Lipinski definition) is 0. The number of fused-ring (bicyclic) bond motifs is 1. The van der Waals surface area contributed by atoms with E-state index in [4.69, 9.17) is 11.6 Å². The summed E-state index contributed by atoms with van der Waals surface area (Å²) in [5, 5.41) is 2.61. The molecule has 0 bridgehead atoms. The van der Waals surface area contributed by atoms with E-state index in [0.29, 0.717) is 5.15 Å². The Morgan fingerprint density at radius 1 is 0.895 bits per heavy atom. The van der Waals surface area contributed by atoms with E-state index in [-0.39, 0.29) is 0 Å². The van der Waals surface area contributed by atoms with E-state index in [2.05, 4.69) is 9.97 Å². The molecule has 2 aromatic heterocycles. The quantitative estimate of drug-likeness (QED) is 0.640. The molecule has 3 rings (SSSR count). The average Bonchev–Trinajstić information content (AvgIpc) is 2.48. The van der Waals surface area contributed by atoms with E-state index >= 15 is 0 Å². The maximum Gasteiger partial charge on any atom is 0.136 e. The minimum atomic E-state index is 0.536. The molecule has 3 aromatic rings. The molecular weight excluding hydrogens is 256 g/mol. The van der Waals surface area contributed by atoms with Gasteiger partial charge in [0.15, 0.2) is 0 Å². The molecule has 3 heteroatoms. The summed E-state index contributed by atoms with van der Waals surface area (Å²) < 4.78 is 0. The fourth-order valence-electron chi connectivity index (χ4n) is 1.97. The lowest BCUT2D eigenvalue weighted by molar-refractivity contribution is 1.32. The third kappa shape index (κ3) is 2.49. The van der Waals surface area contributed by atoms with Gasteiger partial charge < -0.3 is 0 Å². The van der Waals surface area contributed by atoms with Crippen LogP contribution in [-0.4, -0.2) is 9.97 Å². The van der Waals surface area contributed by atoms with Crippen LogP contribution in [0.5, 0.6) is 0 Å². The minimum absolute atomic E-state index is 0.536. The molecule has 1 aromatic carbocycles. The predicted octanol–water partition coefficient (Wildman–Crippen LogP) is 4.45. The van der Waals surface area contributed by atoms with E-state index < -0.39 is 0 Å². The third-order valence-electron chi connectivity index (χ3n) is 2.92. The van der Waals surface area contributed by atoms with Gasteiger partial charge in [0, 0.05) is 29.5 Å². The van der Waals surface area contributed by atoms with Crippen molar-refractivity contribution in [1.82, 2.24) is 9.97 Å². The summed E-state index contributed by atoms with van der Waals surface area (Å²) in [5.74, 6) is 0. The molecule has 0 atom stereocenters. The Morgan fingerprint density at radius 3 is 2.53 bits per heavy atom. The molecule has 0 amide bonds. The first kappa shape index (κ1) is 11.9. The zero-order valence-electron chi connectivity index (χ0n) is 10.1. The second-order valence-corrected chi connectivity index (χ2v) is 4.53. The van der Waals surface area contributed by atoms with Gasteiger partial charge in [-0.3, -0.25) is 4.98 Å². The van der Waals surface area contributed by atoms with Crippen LogP contribution >= 0.6 is 11.6 Å². The molecule has 0 aliphatic rings. The fraction of sp³-hybridized carbons (Fsp3) is 0. The van der Waals surface area contributed by atoms with E-state index in [1.807, 2.05) is 54.7 Å². The molecule has 0 radical (unpaired) electrons. The van der Waals surface area contributed by atoms with Gasteiger partial charge in [-0.2, -0.15) is 0 Å². The smallest absolute Gasteiger partial charge is 0.136 e. The molecule has 0 unspecified atom stereocenters. The van der Waals surface area contributed by atoms with Crippen LogP contribution in [0, 0.1) is 0 Å². The summed E-state index contributed by atoms with van der Waals surface area (Å²) in [7, 11) is 0. The number of benzene rings is 1. The van der Waals surface area contributed by atoms with Crippen LogP contribution in [0.25, 0.3) is 22.9 Å². The lowest BCUT2D eigenvalue weighted by Crippen LogP contribution is -1.83. The van der Waals surface area contributed by atoms with Gasteiger partial charge in [0.25, 0.3) is 0 Å². The number of aromatic nitrogens is 2. The monoisotopic (exact) mass is 266 g/mol. The number of rotatable bonds is 2. The van der Waals surface area contributed by atoms with Crippen LogP contribution in [0.3, 0.4) is 0 Å². The zero-order chi connectivity index (χ0) is 13.1. The van der Waals surface area contributed by atoms with Gasteiger partial charge in [0.05, 0.1) is 0 Å². The van der Waals surface area contributed by atoms with Crippen LogP contribution in [0.4, 0.5) is 0 Å². The number of nitrogens with zero attached hydrogens (tertiary/aromatic N) is 2. The Bertz CT molecular complexity index is 736. The van der Waals surface area contributed by atoms with Crippen LogP contribution in [0.1, 0.15) is 11.1 Å². The van der Waals surface area contributed by atoms with Gasteiger partial charge in [-0.1, -0.05) is 54.1 Å². The van der Waals surface area contributed by atoms with Crippen molar-refractivity contribution in [1.29, 1.82) is 0 Å². The Hall–Kier alpha value is -2.19. The molecule has 92 valence electrons. The lowest BCUT2D eigenvalue weighted by Gasteiger charge is -2.03. The molecule has 0 spiro atoms. The Morgan fingerprint density at radius 2 is 1.74 bits per heavy atom. The summed E-state index contributed by atoms with van der Waals surface area (Å²) >= 11 is 6.10. The Kier molecular flexibility index (Phi) is 3.25. The second kappa shape index (κ2) is 5.21. The zero-order valence-corrected chi connectivity index (χ0v) is 10.9. The summed E-state index contributed by atoms with van der Waals surface area (Å²) in [6, 6.07) is 11.9. The molecule has 0 N–H and O–H groups in total. The van der Waals surface area contributed by atoms with Crippen molar-refractivity contribution in [2.45, 2.75) is 0 Å². The Labute approximate surface area is 116 Å². The van der Waals surface area contributed by atoms with Gasteiger partial charge in [-0.05, 0) is 17.0 Å². The maximum absolute atomic E-state index is 6.10. The molecule has 0 fully saturated rings. The minimum Gasteiger partial charge on any atom is -0.264 e. The normalized spacial score (nSPS) is 11.2. The molecule has 0 aliphatic carbocycles. The summed E-state index contributed by atoms with van der Waals surface area (Å²) in [5.41, 5.74) is 2.10. The summed E-state index contributed by atoms with van der Waals surface area (Å²) in [6.07, 6.45) is 9.42. The number of halogens is 1. The lowest BCUT2D eigenvalue weighted by atomic mass is 10.1. The maximum atomic E-state index is 6.10. The van der Waals surface area contributed by atoms with Crippen molar-refractivity contribution >= 4 is 34.5 Å². The largest absolute Gasteiger partial charge is 0.264 e. The van der Waals surface area contributed by atoms with Gasteiger partial charge in [0.1, 0.15) is 5.15 Å². The van der Waals surface area contributed by atoms with Crippen LogP contribution in [0.2, 0.25) is 5.15 Å². The molecule has 0 saturated carbocycles. The van der Waals surface area contributed by atoms with Gasteiger partial charge in [-0.15, -0.1) is 0 Å². The fourth-order valence-corrected chi connectivity index (χ4v) is 2.19. The van der Waals surface area contributed by atoms with E-state index in [0.717, 1.165) is 21.9 Å². The molecule has 0 aliphatic heterocycles. The van der Waals surface area contributed by atoms with E-state index in [1.54, 1.807) is 12.4 Å². The van der Waals surface area contributed by atoms with E-state index in [9.17, 15) is 0 Å². The van der Waals surface area contributed by atoms with Crippen molar-refractivity contribution in [3.05, 3.63) is 71.3 Å². The molecule has 2 heterocycles. The SMILES string of the molecule is Clc1ncc(/C=C/c2cccnc2)c2ccccc12. The first-order valence-electron chi connectivity index (χ1n) is 5.96. The van der Waals surface area contributed by atoms with Gasteiger partial charge in [-0.25, -0.2) is 4.98 Å². The standard InChI is InChI=1S/C16H11ClN2/c17-16-15-6-2-1-5-14(15)13(11-19-16)8-7-12-4-3-9-18-10-12/h1-11H/b8-7+. The van der Waals surface area contributed by atoms with Crippen molar-refractivity contribution < 1.29 is 0 Å². The van der Waals surface area contributed by atoms with Gasteiger partial charge >= 0.3 is 0 Å². The van der Waals surface area contributed by atoms with Crippen LogP contribution in [-0.2, 0) is 0 Å². The van der Waals surface area contributed by atoms with Crippen molar-refractivity contribution in [3.63, 3.8) is 0 Å². The predicted molar refractivity (Wildman–Crippen MR) is 79.9 cm³/mol. The highest BCUT2D eigenvalue weighted by Crippen LogP contribution is 2.25. The Balaban J connectivity index is 2.07. The highest BCUT2D eigenvalue weighted by atomic mass is 35.5. The van der Waals surface area contributed by atoms with Crippen molar-refractivity contribution in [2.24, 2.45) is 0 Å². The number of hydrogen-bond acceptors (Lipinski definition) is 2. The summed E-state index contributed by atoms with van der Waals surface area (Å²) in [4.78, 5) is 8.30. The first-order valence-corrected chi connectivity index (χ1v) is 6.34. The van der Waals surface area contributed by atoms with Crippen LogP contribution < -0.4 is 0 Å². The van der Waals surface area contributed by atoms with Crippen molar-refractivity contribution in [3.8, 4) is 0 Å². The van der Waals surface area contributed by atoms with Crippen LogP contribution in [0.15, 0.2) is 55.0 Å². The van der Waals surface area contributed by atoms with Gasteiger partial charge in [0.2, 0.25) is 0 Å². The highest BCUT2D eigenvalue weighted by Gasteiger charge is 2.02. The average molecular weight is 267 g/mol. The topological polar surface area (TPSA) is 25.8 Å².